The van der Waals surface area contributed by atoms with Gasteiger partial charge in [-0.05, 0) is 37.0 Å². The number of benzene rings is 1. The lowest BCUT2D eigenvalue weighted by atomic mass is 9.84. The number of hydrogen-bond donors (Lipinski definition) is 2. The summed E-state index contributed by atoms with van der Waals surface area (Å²) >= 11 is 0. The minimum Gasteiger partial charge on any atom is -0.497 e. The van der Waals surface area contributed by atoms with Crippen molar-refractivity contribution in [2.75, 3.05) is 33.8 Å². The third-order valence-electron chi connectivity index (χ3n) is 6.19. The van der Waals surface area contributed by atoms with Gasteiger partial charge in [-0.15, -0.1) is 24.0 Å². The summed E-state index contributed by atoms with van der Waals surface area (Å²) < 4.78 is 5.27. The number of ether oxygens (including phenoxy) is 1. The second-order valence-electron chi connectivity index (χ2n) is 8.60. The van der Waals surface area contributed by atoms with E-state index in [0.29, 0.717) is 6.04 Å². The van der Waals surface area contributed by atoms with Crippen molar-refractivity contribution in [3.05, 3.63) is 29.8 Å². The Balaban J connectivity index is 0.00000280. The van der Waals surface area contributed by atoms with E-state index in [2.05, 4.69) is 46.5 Å². The summed E-state index contributed by atoms with van der Waals surface area (Å²) in [7, 11) is 3.56. The van der Waals surface area contributed by atoms with Gasteiger partial charge in [0.2, 0.25) is 0 Å². The molecule has 1 aromatic carbocycles. The monoisotopic (exact) mass is 500 g/mol. The topological polar surface area (TPSA) is 48.9 Å². The van der Waals surface area contributed by atoms with Crippen LogP contribution in [0.25, 0.3) is 0 Å². The molecular weight excluding hydrogens is 463 g/mol. The number of rotatable bonds is 6. The fourth-order valence-corrected chi connectivity index (χ4v) is 4.34. The van der Waals surface area contributed by atoms with Crippen molar-refractivity contribution < 1.29 is 4.74 Å². The first-order valence-corrected chi connectivity index (χ1v) is 10.4. The van der Waals surface area contributed by atoms with Crippen LogP contribution in [-0.4, -0.2) is 56.7 Å². The molecule has 2 fully saturated rings. The van der Waals surface area contributed by atoms with E-state index in [1.807, 2.05) is 19.2 Å². The van der Waals surface area contributed by atoms with Gasteiger partial charge >= 0.3 is 0 Å². The van der Waals surface area contributed by atoms with Crippen LogP contribution in [0.1, 0.15) is 51.5 Å². The molecular formula is C22H37IN4O. The van der Waals surface area contributed by atoms with Crippen molar-refractivity contribution in [1.29, 1.82) is 0 Å². The Hall–Kier alpha value is -1.02. The van der Waals surface area contributed by atoms with Gasteiger partial charge in [0.25, 0.3) is 0 Å². The fourth-order valence-electron chi connectivity index (χ4n) is 4.34. The molecule has 6 heteroatoms. The summed E-state index contributed by atoms with van der Waals surface area (Å²) in [6, 6.07) is 9.67. The van der Waals surface area contributed by atoms with E-state index in [9.17, 15) is 0 Å². The standard InChI is InChI=1S/C22H36N4O.HI/c1-22(2,17-9-11-20(27-4)12-10-17)16-24-21(23-3)25-18-13-14-26(15-18)19-7-5-6-8-19;/h9-12,18-19H,5-8,13-16H2,1-4H3,(H2,23,24,25);1H. The molecule has 0 amide bonds. The predicted octanol–water partition coefficient (Wildman–Crippen LogP) is 3.77. The summed E-state index contributed by atoms with van der Waals surface area (Å²) in [6.45, 7) is 7.71. The molecule has 0 radical (unpaired) electrons. The van der Waals surface area contributed by atoms with Crippen molar-refractivity contribution in [2.45, 2.75) is 63.5 Å². The highest BCUT2D eigenvalue weighted by Crippen LogP contribution is 2.27. The lowest BCUT2D eigenvalue weighted by Crippen LogP contribution is -2.48. The number of nitrogens with one attached hydrogen (secondary N) is 2. The van der Waals surface area contributed by atoms with Gasteiger partial charge in [0.05, 0.1) is 7.11 Å². The quantitative estimate of drug-likeness (QED) is 0.355. The second kappa shape index (κ2) is 10.7. The summed E-state index contributed by atoms with van der Waals surface area (Å²) in [5.74, 6) is 1.81. The molecule has 0 bridgehead atoms. The summed E-state index contributed by atoms with van der Waals surface area (Å²) in [5.41, 5.74) is 1.30. The Morgan fingerprint density at radius 1 is 1.18 bits per heavy atom. The molecule has 5 nitrogen and oxygen atoms in total. The van der Waals surface area contributed by atoms with Gasteiger partial charge < -0.3 is 15.4 Å². The van der Waals surface area contributed by atoms with E-state index in [4.69, 9.17) is 4.74 Å². The lowest BCUT2D eigenvalue weighted by Gasteiger charge is -2.28. The average molecular weight is 500 g/mol. The highest BCUT2D eigenvalue weighted by molar-refractivity contribution is 14.0. The zero-order valence-corrected chi connectivity index (χ0v) is 20.2. The Morgan fingerprint density at radius 2 is 1.86 bits per heavy atom. The first-order valence-electron chi connectivity index (χ1n) is 10.4. The van der Waals surface area contributed by atoms with Gasteiger partial charge in [0.1, 0.15) is 5.75 Å². The second-order valence-corrected chi connectivity index (χ2v) is 8.60. The zero-order valence-electron chi connectivity index (χ0n) is 17.8. The molecule has 1 atom stereocenters. The van der Waals surface area contributed by atoms with Crippen molar-refractivity contribution >= 4 is 29.9 Å². The smallest absolute Gasteiger partial charge is 0.191 e. The molecule has 3 rings (SSSR count). The van der Waals surface area contributed by atoms with Gasteiger partial charge in [0, 0.05) is 44.2 Å². The van der Waals surface area contributed by atoms with E-state index in [1.54, 1.807) is 7.11 Å². The van der Waals surface area contributed by atoms with Crippen LogP contribution in [0, 0.1) is 0 Å². The number of guanidine groups is 1. The van der Waals surface area contributed by atoms with Gasteiger partial charge in [-0.25, -0.2) is 0 Å². The van der Waals surface area contributed by atoms with E-state index in [1.165, 1.54) is 44.2 Å². The molecule has 1 aliphatic carbocycles. The predicted molar refractivity (Wildman–Crippen MR) is 128 cm³/mol. The Bertz CT molecular complexity index is 626. The highest BCUT2D eigenvalue weighted by atomic mass is 127. The molecule has 0 spiro atoms. The maximum absolute atomic E-state index is 5.27. The summed E-state index contributed by atoms with van der Waals surface area (Å²) in [6.07, 6.45) is 6.79. The highest BCUT2D eigenvalue weighted by Gasteiger charge is 2.30. The molecule has 1 saturated heterocycles. The van der Waals surface area contributed by atoms with Gasteiger partial charge in [-0.1, -0.05) is 38.8 Å². The Kier molecular flexibility index (Phi) is 8.86. The van der Waals surface area contributed by atoms with Crippen molar-refractivity contribution in [3.8, 4) is 5.75 Å². The molecule has 1 unspecified atom stereocenters. The normalized spacial score (nSPS) is 21.4. The molecule has 1 aliphatic heterocycles. The van der Waals surface area contributed by atoms with Crippen LogP contribution in [0.4, 0.5) is 0 Å². The fraction of sp³-hybridized carbons (Fsp3) is 0.682. The number of nitrogens with zero attached hydrogens (tertiary/aromatic N) is 2. The molecule has 0 aromatic heterocycles. The SMILES string of the molecule is CN=C(NCC(C)(C)c1ccc(OC)cc1)NC1CCN(C2CCCC2)C1.I. The van der Waals surface area contributed by atoms with E-state index in [-0.39, 0.29) is 29.4 Å². The van der Waals surface area contributed by atoms with Crippen LogP contribution in [0.5, 0.6) is 5.75 Å². The molecule has 2 N–H and O–H groups in total. The maximum atomic E-state index is 5.27. The summed E-state index contributed by atoms with van der Waals surface area (Å²) in [4.78, 5) is 7.13. The van der Waals surface area contributed by atoms with Crippen molar-refractivity contribution in [1.82, 2.24) is 15.5 Å². The maximum Gasteiger partial charge on any atom is 0.191 e. The molecule has 1 saturated carbocycles. The largest absolute Gasteiger partial charge is 0.497 e. The number of aliphatic imine (C=N–C) groups is 1. The van der Waals surface area contributed by atoms with E-state index in [0.717, 1.165) is 30.8 Å². The number of methoxy groups -OCH3 is 1. The van der Waals surface area contributed by atoms with Crippen molar-refractivity contribution in [3.63, 3.8) is 0 Å². The van der Waals surface area contributed by atoms with Crippen LogP contribution in [0.15, 0.2) is 29.3 Å². The average Bonchev–Trinajstić information content (AvgIpc) is 3.36. The van der Waals surface area contributed by atoms with E-state index < -0.39 is 0 Å². The van der Waals surface area contributed by atoms with Crippen LogP contribution in [0.2, 0.25) is 0 Å². The number of likely N-dealkylation sites (tertiary alicyclic amines) is 1. The molecule has 28 heavy (non-hydrogen) atoms. The first kappa shape index (κ1) is 23.3. The van der Waals surface area contributed by atoms with Crippen LogP contribution >= 0.6 is 24.0 Å². The lowest BCUT2D eigenvalue weighted by molar-refractivity contribution is 0.242. The van der Waals surface area contributed by atoms with Gasteiger partial charge in [0.15, 0.2) is 5.96 Å². The third kappa shape index (κ3) is 5.99. The number of halogens is 1. The minimum atomic E-state index is 0. The third-order valence-corrected chi connectivity index (χ3v) is 6.19. The van der Waals surface area contributed by atoms with Crippen LogP contribution < -0.4 is 15.4 Å². The zero-order chi connectivity index (χ0) is 19.3. The Labute approximate surface area is 187 Å². The van der Waals surface area contributed by atoms with Crippen LogP contribution in [-0.2, 0) is 5.41 Å². The van der Waals surface area contributed by atoms with Crippen LogP contribution in [0.3, 0.4) is 0 Å². The Morgan fingerprint density at radius 3 is 2.46 bits per heavy atom. The number of hydrogen-bond acceptors (Lipinski definition) is 3. The molecule has 158 valence electrons. The minimum absolute atomic E-state index is 0. The van der Waals surface area contributed by atoms with Crippen molar-refractivity contribution in [2.24, 2.45) is 4.99 Å². The molecule has 2 aliphatic rings. The van der Waals surface area contributed by atoms with E-state index >= 15 is 0 Å². The summed E-state index contributed by atoms with van der Waals surface area (Å²) in [5, 5.41) is 7.18. The van der Waals surface area contributed by atoms with Gasteiger partial charge in [-0.3, -0.25) is 9.89 Å². The first-order chi connectivity index (χ1) is 13.0. The molecule has 1 aromatic rings. The molecule has 1 heterocycles. The van der Waals surface area contributed by atoms with Gasteiger partial charge in [-0.2, -0.15) is 0 Å².